The number of carbonyl (C=O) groups is 1. The van der Waals surface area contributed by atoms with Crippen LogP contribution in [0, 0.1) is 0 Å². The van der Waals surface area contributed by atoms with Crippen LogP contribution in [0.4, 0.5) is 0 Å². The number of phosphoric ester groups is 1. The molecule has 0 bridgehead atoms. The lowest BCUT2D eigenvalue weighted by atomic mass is 10.2. The largest absolute Gasteiger partial charge is 0.532 e. The Morgan fingerprint density at radius 3 is 2.22 bits per heavy atom. The minimum absolute atomic E-state index is 0.101. The monoisotopic (exact) mass is 344 g/mol. The number of carbonyl (C=O) groups excluding carboxylic acids is 1. The van der Waals surface area contributed by atoms with Gasteiger partial charge in [-0.05, 0) is 37.6 Å². The van der Waals surface area contributed by atoms with Crippen LogP contribution in [-0.4, -0.2) is 33.4 Å². The van der Waals surface area contributed by atoms with E-state index in [2.05, 4.69) is 0 Å². The number of phosphoric acid groups is 1. The van der Waals surface area contributed by atoms with Gasteiger partial charge in [-0.2, -0.15) is 0 Å². The van der Waals surface area contributed by atoms with E-state index in [0.717, 1.165) is 6.08 Å². The summed E-state index contributed by atoms with van der Waals surface area (Å²) in [4.78, 5) is 11.8. The number of ether oxygens (including phenoxy) is 2. The summed E-state index contributed by atoms with van der Waals surface area (Å²) in [6, 6.07) is 5.12. The summed E-state index contributed by atoms with van der Waals surface area (Å²) in [5, 5.41) is 0. The smallest absolute Gasteiger partial charge is 0.493 e. The van der Waals surface area contributed by atoms with Gasteiger partial charge in [-0.1, -0.05) is 6.07 Å². The van der Waals surface area contributed by atoms with E-state index in [4.69, 9.17) is 23.0 Å². The molecule has 1 aromatic carbocycles. The maximum Gasteiger partial charge on any atom is 0.532 e. The highest BCUT2D eigenvalue weighted by molar-refractivity contribution is 7.49. The highest BCUT2D eigenvalue weighted by atomic mass is 31.2. The van der Waals surface area contributed by atoms with E-state index >= 15 is 0 Å². The van der Waals surface area contributed by atoms with Crippen molar-refractivity contribution in [1.82, 2.24) is 0 Å². The summed E-state index contributed by atoms with van der Waals surface area (Å²) in [5.74, 6) is 0.270. The lowest BCUT2D eigenvalue weighted by Crippen LogP contribution is -2.04. The van der Waals surface area contributed by atoms with Gasteiger partial charge < -0.3 is 14.0 Å². The van der Waals surface area contributed by atoms with Crippen molar-refractivity contribution in [2.45, 2.75) is 13.8 Å². The fourth-order valence-electron chi connectivity index (χ4n) is 1.67. The SMILES string of the molecule is CCOP(=O)(OCC)OC(=O)/C=C/c1ccc(OC)c(OC)c1. The first-order valence-electron chi connectivity index (χ1n) is 7.00. The topological polar surface area (TPSA) is 80.3 Å². The van der Waals surface area contributed by atoms with E-state index < -0.39 is 13.8 Å². The second kappa shape index (κ2) is 9.35. The van der Waals surface area contributed by atoms with Gasteiger partial charge in [0.15, 0.2) is 11.5 Å². The standard InChI is InChI=1S/C15H21O7P/c1-5-20-23(17,21-6-2)22-15(16)10-8-12-7-9-13(18-3)14(11-12)19-4/h7-11H,5-6H2,1-4H3/b10-8+. The molecule has 23 heavy (non-hydrogen) atoms. The Hall–Kier alpha value is -1.82. The highest BCUT2D eigenvalue weighted by Crippen LogP contribution is 2.49. The summed E-state index contributed by atoms with van der Waals surface area (Å²) in [7, 11) is -0.825. The number of methoxy groups -OCH3 is 2. The third-order valence-corrected chi connectivity index (χ3v) is 4.15. The number of hydrogen-bond donors (Lipinski definition) is 0. The molecule has 0 saturated heterocycles. The van der Waals surface area contributed by atoms with Crippen LogP contribution in [0.1, 0.15) is 19.4 Å². The maximum absolute atomic E-state index is 12.1. The van der Waals surface area contributed by atoms with Crippen LogP contribution in [0.3, 0.4) is 0 Å². The Balaban J connectivity index is 2.80. The summed E-state index contributed by atoms with van der Waals surface area (Å²) in [6.07, 6.45) is 2.62. The number of benzene rings is 1. The van der Waals surface area contributed by atoms with Gasteiger partial charge in [0, 0.05) is 6.08 Å². The molecule has 0 aliphatic heterocycles. The molecule has 0 aromatic heterocycles. The number of rotatable bonds is 9. The van der Waals surface area contributed by atoms with Crippen LogP contribution in [0.2, 0.25) is 0 Å². The Morgan fingerprint density at radius 2 is 1.70 bits per heavy atom. The van der Waals surface area contributed by atoms with Gasteiger partial charge in [-0.25, -0.2) is 9.36 Å². The Labute approximate surface area is 135 Å². The van der Waals surface area contributed by atoms with E-state index in [1.54, 1.807) is 32.0 Å². The minimum Gasteiger partial charge on any atom is -0.493 e. The van der Waals surface area contributed by atoms with Gasteiger partial charge in [0.1, 0.15) is 0 Å². The zero-order valence-corrected chi connectivity index (χ0v) is 14.5. The molecule has 0 unspecified atom stereocenters. The first-order valence-corrected chi connectivity index (χ1v) is 8.46. The van der Waals surface area contributed by atoms with Crippen molar-refractivity contribution in [3.05, 3.63) is 29.8 Å². The molecule has 8 heteroatoms. The third kappa shape index (κ3) is 6.06. The summed E-state index contributed by atoms with van der Waals surface area (Å²) < 4.78 is 36.9. The Kier molecular flexibility index (Phi) is 7.81. The van der Waals surface area contributed by atoms with Crippen LogP contribution in [0.5, 0.6) is 11.5 Å². The fraction of sp³-hybridized carbons (Fsp3) is 0.400. The van der Waals surface area contributed by atoms with Crippen LogP contribution >= 0.6 is 7.82 Å². The molecule has 0 aliphatic rings. The van der Waals surface area contributed by atoms with Crippen molar-refractivity contribution in [3.8, 4) is 11.5 Å². The minimum atomic E-state index is -3.87. The Morgan fingerprint density at radius 1 is 1.09 bits per heavy atom. The summed E-state index contributed by atoms with van der Waals surface area (Å²) in [5.41, 5.74) is 0.683. The van der Waals surface area contributed by atoms with Gasteiger partial charge in [-0.15, -0.1) is 0 Å². The van der Waals surface area contributed by atoms with Crippen molar-refractivity contribution >= 4 is 19.9 Å². The van der Waals surface area contributed by atoms with E-state index in [-0.39, 0.29) is 13.2 Å². The molecule has 0 aliphatic carbocycles. The predicted molar refractivity (Wildman–Crippen MR) is 85.5 cm³/mol. The van der Waals surface area contributed by atoms with Crippen molar-refractivity contribution in [2.24, 2.45) is 0 Å². The molecule has 0 saturated carbocycles. The molecule has 1 rings (SSSR count). The molecule has 0 heterocycles. The van der Waals surface area contributed by atoms with Crippen molar-refractivity contribution in [3.63, 3.8) is 0 Å². The number of hydrogen-bond acceptors (Lipinski definition) is 7. The van der Waals surface area contributed by atoms with E-state index in [0.29, 0.717) is 17.1 Å². The van der Waals surface area contributed by atoms with Gasteiger partial charge >= 0.3 is 13.8 Å². The zero-order valence-electron chi connectivity index (χ0n) is 13.6. The van der Waals surface area contributed by atoms with Gasteiger partial charge in [0.2, 0.25) is 0 Å². The van der Waals surface area contributed by atoms with Gasteiger partial charge in [0.05, 0.1) is 27.4 Å². The molecular weight excluding hydrogens is 323 g/mol. The molecule has 128 valence electrons. The normalized spacial score (nSPS) is 11.5. The fourth-order valence-corrected chi connectivity index (χ4v) is 2.76. The molecule has 0 atom stereocenters. The summed E-state index contributed by atoms with van der Waals surface area (Å²) in [6.45, 7) is 3.45. The quantitative estimate of drug-likeness (QED) is 0.501. The van der Waals surface area contributed by atoms with Crippen LogP contribution in [0.15, 0.2) is 24.3 Å². The maximum atomic E-state index is 12.1. The third-order valence-electron chi connectivity index (χ3n) is 2.60. The second-order valence-electron chi connectivity index (χ2n) is 4.14. The molecule has 0 spiro atoms. The lowest BCUT2D eigenvalue weighted by Gasteiger charge is -2.14. The van der Waals surface area contributed by atoms with E-state index in [1.807, 2.05) is 0 Å². The van der Waals surface area contributed by atoms with Crippen molar-refractivity contribution in [2.75, 3.05) is 27.4 Å². The van der Waals surface area contributed by atoms with E-state index in [1.165, 1.54) is 20.3 Å². The molecule has 1 aromatic rings. The average molecular weight is 344 g/mol. The first kappa shape index (κ1) is 19.2. The summed E-state index contributed by atoms with van der Waals surface area (Å²) >= 11 is 0. The molecule has 0 fully saturated rings. The molecule has 7 nitrogen and oxygen atoms in total. The molecule has 0 amide bonds. The van der Waals surface area contributed by atoms with Gasteiger partial charge in [-0.3, -0.25) is 9.05 Å². The average Bonchev–Trinajstić information content (AvgIpc) is 2.52. The first-order chi connectivity index (χ1) is 11.0. The van der Waals surface area contributed by atoms with E-state index in [9.17, 15) is 9.36 Å². The van der Waals surface area contributed by atoms with Crippen LogP contribution in [0.25, 0.3) is 6.08 Å². The lowest BCUT2D eigenvalue weighted by molar-refractivity contribution is -0.130. The molecule has 0 N–H and O–H groups in total. The van der Waals surface area contributed by atoms with Crippen LogP contribution < -0.4 is 9.47 Å². The zero-order chi connectivity index (χ0) is 17.3. The molecule has 0 radical (unpaired) electrons. The Bertz CT molecular complexity index is 587. The second-order valence-corrected chi connectivity index (χ2v) is 5.73. The molecular formula is C15H21O7P. The highest BCUT2D eigenvalue weighted by Gasteiger charge is 2.29. The van der Waals surface area contributed by atoms with Crippen molar-refractivity contribution in [1.29, 1.82) is 0 Å². The van der Waals surface area contributed by atoms with Crippen molar-refractivity contribution < 1.29 is 32.4 Å². The van der Waals surface area contributed by atoms with Crippen LogP contribution in [-0.2, 0) is 22.9 Å². The predicted octanol–water partition coefficient (Wildman–Crippen LogP) is 3.44. The van der Waals surface area contributed by atoms with Gasteiger partial charge in [0.25, 0.3) is 0 Å².